The van der Waals surface area contributed by atoms with Crippen molar-refractivity contribution in [3.05, 3.63) is 93.7 Å². The molecule has 0 unspecified atom stereocenters. The van der Waals surface area contributed by atoms with E-state index in [-0.39, 0.29) is 11.4 Å². The molecule has 0 aliphatic carbocycles. The summed E-state index contributed by atoms with van der Waals surface area (Å²) in [7, 11) is 0. The Morgan fingerprint density at radius 1 is 0.578 bits per heavy atom. The molecule has 0 bridgehead atoms. The van der Waals surface area contributed by atoms with Crippen molar-refractivity contribution in [2.24, 2.45) is 0 Å². The second kappa shape index (κ2) is 9.72. The van der Waals surface area contributed by atoms with Crippen LogP contribution in [0.25, 0.3) is 0 Å². The Morgan fingerprint density at radius 3 is 1.49 bits per heavy atom. The number of anilines is 1. The molecule has 4 amide bonds. The van der Waals surface area contributed by atoms with E-state index in [1.54, 1.807) is 6.07 Å². The maximum Gasteiger partial charge on any atom is 0.411 e. The summed E-state index contributed by atoms with van der Waals surface area (Å²) in [6.45, 7) is 9.95. The molecule has 0 atom stereocenters. The van der Waals surface area contributed by atoms with E-state index in [9.17, 15) is 19.2 Å². The third kappa shape index (κ3) is 4.62. The lowest BCUT2D eigenvalue weighted by Gasteiger charge is -2.38. The van der Waals surface area contributed by atoms with Crippen LogP contribution in [0.1, 0.15) is 99.8 Å². The van der Waals surface area contributed by atoms with Crippen LogP contribution in [0.3, 0.4) is 0 Å². The summed E-state index contributed by atoms with van der Waals surface area (Å²) in [5, 5.41) is 0. The van der Waals surface area contributed by atoms with E-state index >= 15 is 26.3 Å². The summed E-state index contributed by atoms with van der Waals surface area (Å²) in [5.74, 6) is -4.15. The maximum atomic E-state index is 15.0. The summed E-state index contributed by atoms with van der Waals surface area (Å²) in [5.41, 5.74) is -10.7. The molecule has 0 spiro atoms. The van der Waals surface area contributed by atoms with Crippen molar-refractivity contribution in [3.8, 4) is 0 Å². The van der Waals surface area contributed by atoms with Crippen LogP contribution in [0.15, 0.2) is 54.6 Å². The number of benzene rings is 2. The van der Waals surface area contributed by atoms with E-state index in [1.807, 2.05) is 20.8 Å². The number of nitrogens with zero attached hydrogens (tertiary/aromatic N) is 3. The van der Waals surface area contributed by atoms with Gasteiger partial charge >= 0.3 is 12.4 Å². The van der Waals surface area contributed by atoms with Gasteiger partial charge in [-0.2, -0.15) is 26.3 Å². The van der Waals surface area contributed by atoms with Gasteiger partial charge in [-0.3, -0.25) is 24.1 Å². The molecule has 3 heterocycles. The number of alkyl halides is 6. The second-order valence-corrected chi connectivity index (χ2v) is 13.0. The Labute approximate surface area is 253 Å². The normalized spacial score (nSPS) is 16.1. The van der Waals surface area contributed by atoms with Gasteiger partial charge in [0.2, 0.25) is 5.41 Å². The third-order valence-corrected chi connectivity index (χ3v) is 7.89. The Balaban J connectivity index is 1.70. The van der Waals surface area contributed by atoms with E-state index in [2.05, 4.69) is 4.98 Å². The van der Waals surface area contributed by atoms with E-state index in [4.69, 9.17) is 0 Å². The van der Waals surface area contributed by atoms with E-state index in [1.165, 1.54) is 32.9 Å². The van der Waals surface area contributed by atoms with Crippen LogP contribution in [0.4, 0.5) is 32.2 Å². The number of amides is 4. The first-order valence-electron chi connectivity index (χ1n) is 13.7. The highest BCUT2D eigenvalue weighted by Crippen LogP contribution is 2.57. The van der Waals surface area contributed by atoms with E-state index in [0.717, 1.165) is 17.0 Å². The maximum absolute atomic E-state index is 15.0. The number of carbonyl (C=O) groups is 4. The van der Waals surface area contributed by atoms with Crippen molar-refractivity contribution >= 4 is 29.4 Å². The molecule has 0 saturated carbocycles. The van der Waals surface area contributed by atoms with E-state index in [0.29, 0.717) is 34.9 Å². The van der Waals surface area contributed by atoms with Gasteiger partial charge in [0.05, 0.1) is 22.3 Å². The van der Waals surface area contributed by atoms with Crippen LogP contribution >= 0.6 is 0 Å². The topological polar surface area (TPSA) is 87.7 Å². The summed E-state index contributed by atoms with van der Waals surface area (Å²) in [6, 6.07) is 7.85. The zero-order valence-electron chi connectivity index (χ0n) is 24.9. The fraction of sp³-hybridized carbons (Fsp3) is 0.344. The van der Waals surface area contributed by atoms with Crippen LogP contribution in [0.2, 0.25) is 0 Å². The van der Waals surface area contributed by atoms with Crippen molar-refractivity contribution in [2.45, 2.75) is 70.3 Å². The Hall–Kier alpha value is -4.55. The largest absolute Gasteiger partial charge is 0.411 e. The van der Waals surface area contributed by atoms with Crippen LogP contribution in [-0.2, 0) is 10.8 Å². The van der Waals surface area contributed by atoms with Gasteiger partial charge in [0, 0.05) is 16.6 Å². The van der Waals surface area contributed by atoms with Crippen LogP contribution in [-0.4, -0.2) is 51.4 Å². The summed E-state index contributed by atoms with van der Waals surface area (Å²) >= 11 is 0. The molecule has 1 aromatic heterocycles. The fourth-order valence-electron chi connectivity index (χ4n) is 5.71. The van der Waals surface area contributed by atoms with Gasteiger partial charge in [-0.15, -0.1) is 0 Å². The smallest absolute Gasteiger partial charge is 0.269 e. The quantitative estimate of drug-likeness (QED) is 0.230. The standard InChI is InChI=1S/C32H27F6N3O4/c1-28(2,3)22-8-7-9-23(39-22)40-24(42)18-12-10-16(14-20(18)25(40)43)30(31(33,34)35,32(36,37)38)17-11-13-19-21(15-17)27(45)41(26(19)44)29(4,5)6/h7-15H,1-6H3. The Morgan fingerprint density at radius 2 is 1.02 bits per heavy atom. The molecule has 2 aromatic carbocycles. The number of carbonyl (C=O) groups excluding carboxylic acids is 4. The molecule has 2 aliphatic rings. The highest BCUT2D eigenvalue weighted by molar-refractivity contribution is 6.34. The lowest BCUT2D eigenvalue weighted by molar-refractivity contribution is -0.288. The summed E-state index contributed by atoms with van der Waals surface area (Å²) < 4.78 is 90.0. The van der Waals surface area contributed by atoms with Crippen molar-refractivity contribution < 1.29 is 45.5 Å². The Kier molecular flexibility index (Phi) is 6.88. The SMILES string of the molecule is CC(C)(C)c1cccc(N2C(=O)c3ccc(C(c4ccc5c(c4)C(=O)N(C(C)(C)C)C5=O)(C(F)(F)F)C(F)(F)F)cc3C2=O)n1. The second-order valence-electron chi connectivity index (χ2n) is 13.0. The first-order chi connectivity index (χ1) is 20.5. The average Bonchev–Trinajstić information content (AvgIpc) is 3.30. The molecule has 13 heteroatoms. The van der Waals surface area contributed by atoms with Crippen molar-refractivity contribution in [1.29, 1.82) is 0 Å². The number of pyridine rings is 1. The molecule has 5 rings (SSSR count). The molecule has 0 fully saturated rings. The van der Waals surface area contributed by atoms with Crippen molar-refractivity contribution in [1.82, 2.24) is 9.88 Å². The van der Waals surface area contributed by atoms with Crippen LogP contribution < -0.4 is 4.90 Å². The number of fused-ring (bicyclic) bond motifs is 2. The minimum absolute atomic E-state index is 0.140. The molecule has 2 aliphatic heterocycles. The molecule has 0 N–H and O–H groups in total. The van der Waals surface area contributed by atoms with E-state index < -0.39 is 80.2 Å². The molecule has 7 nitrogen and oxygen atoms in total. The van der Waals surface area contributed by atoms with Gasteiger partial charge in [-0.05, 0) is 68.3 Å². The lowest BCUT2D eigenvalue weighted by Crippen LogP contribution is -2.55. The number of hydrogen-bond acceptors (Lipinski definition) is 5. The number of hydrogen-bond donors (Lipinski definition) is 0. The van der Waals surface area contributed by atoms with Gasteiger partial charge in [0.1, 0.15) is 5.82 Å². The van der Waals surface area contributed by atoms with Gasteiger partial charge in [0.25, 0.3) is 23.6 Å². The van der Waals surface area contributed by atoms with Gasteiger partial charge in [0.15, 0.2) is 0 Å². The summed E-state index contributed by atoms with van der Waals surface area (Å²) in [6.07, 6.45) is -12.1. The minimum atomic E-state index is -6.06. The molecule has 236 valence electrons. The lowest BCUT2D eigenvalue weighted by atomic mass is 9.71. The Bertz CT molecular complexity index is 1780. The van der Waals surface area contributed by atoms with Gasteiger partial charge < -0.3 is 0 Å². The minimum Gasteiger partial charge on any atom is -0.269 e. The molecule has 45 heavy (non-hydrogen) atoms. The fourth-order valence-corrected chi connectivity index (χ4v) is 5.71. The van der Waals surface area contributed by atoms with Gasteiger partial charge in [-0.25, -0.2) is 9.88 Å². The molecular formula is C32H27F6N3O4. The molecular weight excluding hydrogens is 604 g/mol. The van der Waals surface area contributed by atoms with Crippen molar-refractivity contribution in [3.63, 3.8) is 0 Å². The predicted octanol–water partition coefficient (Wildman–Crippen LogP) is 6.98. The highest BCUT2D eigenvalue weighted by Gasteiger charge is 2.73. The first-order valence-corrected chi connectivity index (χ1v) is 13.7. The predicted molar refractivity (Wildman–Crippen MR) is 150 cm³/mol. The monoisotopic (exact) mass is 631 g/mol. The number of halogens is 6. The van der Waals surface area contributed by atoms with Crippen LogP contribution in [0, 0.1) is 0 Å². The molecule has 0 radical (unpaired) electrons. The molecule has 3 aromatic rings. The number of aromatic nitrogens is 1. The number of rotatable bonds is 3. The zero-order valence-corrected chi connectivity index (χ0v) is 24.9. The zero-order chi connectivity index (χ0) is 33.7. The van der Waals surface area contributed by atoms with Crippen LogP contribution in [0.5, 0.6) is 0 Å². The van der Waals surface area contributed by atoms with Crippen molar-refractivity contribution in [2.75, 3.05) is 4.90 Å². The highest BCUT2D eigenvalue weighted by atomic mass is 19.4. The van der Waals surface area contributed by atoms with Gasteiger partial charge in [-0.1, -0.05) is 39.0 Å². The number of imide groups is 2. The third-order valence-electron chi connectivity index (χ3n) is 7.89. The molecule has 0 saturated heterocycles. The average molecular weight is 632 g/mol. The first kappa shape index (κ1) is 31.9. The summed E-state index contributed by atoms with van der Waals surface area (Å²) in [4.78, 5) is 58.4.